The van der Waals surface area contributed by atoms with Gasteiger partial charge in [0.1, 0.15) is 0 Å². The molecule has 0 heterocycles. The van der Waals surface area contributed by atoms with Crippen molar-refractivity contribution in [3.63, 3.8) is 0 Å². The molecule has 220 valence electrons. The van der Waals surface area contributed by atoms with Gasteiger partial charge in [-0.2, -0.15) is 0 Å². The SMILES string of the molecule is Cc1ccc2c(c1)C1(c3cc(C)ccc3-c3ccc(S(=O)(=O)c4ccccc4)cc31)c1cc(S(=O)(=O)c3ccccc3)ccc1-2. The van der Waals surface area contributed by atoms with E-state index in [2.05, 4.69) is 36.4 Å². The minimum atomic E-state index is -3.83. The van der Waals surface area contributed by atoms with Crippen molar-refractivity contribution in [2.45, 2.75) is 38.8 Å². The Labute approximate surface area is 263 Å². The van der Waals surface area contributed by atoms with Crippen LogP contribution in [-0.2, 0) is 25.1 Å². The van der Waals surface area contributed by atoms with E-state index in [1.165, 1.54) is 0 Å². The predicted octanol–water partition coefficient (Wildman–Crippen LogP) is 8.31. The van der Waals surface area contributed by atoms with Crippen LogP contribution in [0.3, 0.4) is 0 Å². The van der Waals surface area contributed by atoms with Crippen LogP contribution in [0.25, 0.3) is 22.3 Å². The normalized spacial score (nSPS) is 14.1. The lowest BCUT2D eigenvalue weighted by atomic mass is 9.70. The zero-order valence-electron chi connectivity index (χ0n) is 24.7. The smallest absolute Gasteiger partial charge is 0.206 e. The molecule has 6 aromatic rings. The summed E-state index contributed by atoms with van der Waals surface area (Å²) in [5.74, 6) is 0. The first kappa shape index (κ1) is 27.7. The fraction of sp³-hybridized carbons (Fsp3) is 0.0769. The topological polar surface area (TPSA) is 68.3 Å². The quantitative estimate of drug-likeness (QED) is 0.198. The third-order valence-corrected chi connectivity index (χ3v) is 12.8. The summed E-state index contributed by atoms with van der Waals surface area (Å²) in [6.45, 7) is 4.09. The van der Waals surface area contributed by atoms with E-state index in [-0.39, 0.29) is 19.6 Å². The van der Waals surface area contributed by atoms with Crippen molar-refractivity contribution in [1.82, 2.24) is 0 Å². The summed E-state index contributed by atoms with van der Waals surface area (Å²) in [6.07, 6.45) is 0. The molecule has 0 atom stereocenters. The molecule has 6 aromatic carbocycles. The molecule has 1 spiro atoms. The van der Waals surface area contributed by atoms with Gasteiger partial charge in [0.25, 0.3) is 0 Å². The standard InChI is InChI=1S/C39H28O4S2/c1-25-13-17-31-33-19-15-29(44(40,41)27-9-5-3-6-10-27)23-37(33)39(35(31)21-25)36-22-26(2)14-18-32(36)34-20-16-30(24-38(34)39)45(42,43)28-11-7-4-8-12-28/h3-24H,1-2H3. The molecule has 8 rings (SSSR count). The van der Waals surface area contributed by atoms with E-state index in [9.17, 15) is 16.8 Å². The summed E-state index contributed by atoms with van der Waals surface area (Å²) in [5.41, 5.74) is 8.81. The van der Waals surface area contributed by atoms with Crippen LogP contribution >= 0.6 is 0 Å². The Morgan fingerprint density at radius 2 is 0.711 bits per heavy atom. The second kappa shape index (κ2) is 9.61. The van der Waals surface area contributed by atoms with Crippen molar-refractivity contribution in [2.75, 3.05) is 0 Å². The molecular weight excluding hydrogens is 597 g/mol. The van der Waals surface area contributed by atoms with Crippen molar-refractivity contribution in [3.05, 3.63) is 167 Å². The Morgan fingerprint density at radius 3 is 1.09 bits per heavy atom. The molecule has 2 aliphatic rings. The van der Waals surface area contributed by atoms with Crippen LogP contribution in [0.5, 0.6) is 0 Å². The Morgan fingerprint density at radius 1 is 0.378 bits per heavy atom. The minimum absolute atomic E-state index is 0.201. The largest absolute Gasteiger partial charge is 0.219 e. The van der Waals surface area contributed by atoms with Gasteiger partial charge >= 0.3 is 0 Å². The van der Waals surface area contributed by atoms with Crippen LogP contribution in [0.15, 0.2) is 153 Å². The highest BCUT2D eigenvalue weighted by atomic mass is 32.2. The zero-order valence-corrected chi connectivity index (χ0v) is 26.3. The minimum Gasteiger partial charge on any atom is -0.219 e. The molecule has 0 aromatic heterocycles. The lowest BCUT2D eigenvalue weighted by molar-refractivity contribution is 0.594. The Balaban J connectivity index is 1.49. The zero-order chi connectivity index (χ0) is 31.1. The van der Waals surface area contributed by atoms with Crippen molar-refractivity contribution >= 4 is 19.7 Å². The monoisotopic (exact) mass is 624 g/mol. The number of benzene rings is 6. The van der Waals surface area contributed by atoms with Crippen molar-refractivity contribution in [3.8, 4) is 22.3 Å². The van der Waals surface area contributed by atoms with E-state index in [0.29, 0.717) is 0 Å². The molecule has 2 aliphatic carbocycles. The number of hydrogen-bond donors (Lipinski definition) is 0. The van der Waals surface area contributed by atoms with Gasteiger partial charge in [-0.3, -0.25) is 0 Å². The maximum absolute atomic E-state index is 14.0. The highest BCUT2D eigenvalue weighted by Crippen LogP contribution is 2.63. The molecule has 4 nitrogen and oxygen atoms in total. The van der Waals surface area contributed by atoms with Crippen LogP contribution in [0, 0.1) is 13.8 Å². The third kappa shape index (κ3) is 3.82. The average molecular weight is 625 g/mol. The van der Waals surface area contributed by atoms with Gasteiger partial charge in [-0.05, 0) is 107 Å². The Kier molecular flexibility index (Phi) is 5.92. The van der Waals surface area contributed by atoms with E-state index < -0.39 is 25.1 Å². The van der Waals surface area contributed by atoms with Gasteiger partial charge in [0.2, 0.25) is 19.7 Å². The fourth-order valence-electron chi connectivity index (χ4n) is 7.22. The second-order valence-electron chi connectivity index (χ2n) is 11.9. The summed E-state index contributed by atoms with van der Waals surface area (Å²) in [5, 5.41) is 0. The molecule has 0 saturated carbocycles. The molecule has 45 heavy (non-hydrogen) atoms. The van der Waals surface area contributed by atoms with E-state index in [0.717, 1.165) is 55.6 Å². The molecule has 0 bridgehead atoms. The van der Waals surface area contributed by atoms with Crippen LogP contribution in [0.1, 0.15) is 33.4 Å². The van der Waals surface area contributed by atoms with Gasteiger partial charge in [0, 0.05) is 0 Å². The molecule has 0 fully saturated rings. The number of sulfone groups is 2. The van der Waals surface area contributed by atoms with Gasteiger partial charge in [0.15, 0.2) is 0 Å². The predicted molar refractivity (Wildman–Crippen MR) is 176 cm³/mol. The molecular formula is C39H28O4S2. The first-order valence-corrected chi connectivity index (χ1v) is 17.7. The molecule has 0 radical (unpaired) electrons. The second-order valence-corrected chi connectivity index (χ2v) is 15.8. The number of fused-ring (bicyclic) bond motifs is 10. The van der Waals surface area contributed by atoms with E-state index in [1.54, 1.807) is 72.8 Å². The van der Waals surface area contributed by atoms with Crippen molar-refractivity contribution < 1.29 is 16.8 Å². The van der Waals surface area contributed by atoms with E-state index in [1.807, 2.05) is 38.1 Å². The third-order valence-electron chi connectivity index (χ3n) is 9.26. The van der Waals surface area contributed by atoms with Gasteiger partial charge in [0.05, 0.1) is 25.0 Å². The fourth-order valence-corrected chi connectivity index (χ4v) is 9.84. The molecule has 0 unspecified atom stereocenters. The maximum Gasteiger partial charge on any atom is 0.206 e. The Bertz CT molecular complexity index is 2240. The van der Waals surface area contributed by atoms with Crippen LogP contribution in [-0.4, -0.2) is 16.8 Å². The van der Waals surface area contributed by atoms with Gasteiger partial charge in [-0.1, -0.05) is 96.1 Å². The number of hydrogen-bond acceptors (Lipinski definition) is 4. The lowest BCUT2D eigenvalue weighted by Gasteiger charge is -2.31. The molecule has 0 amide bonds. The Hall–Kier alpha value is -4.78. The van der Waals surface area contributed by atoms with Crippen molar-refractivity contribution in [2.24, 2.45) is 0 Å². The molecule has 6 heteroatoms. The molecule has 0 N–H and O–H groups in total. The number of rotatable bonds is 4. The highest BCUT2D eigenvalue weighted by Gasteiger charge is 2.52. The molecule has 0 saturated heterocycles. The first-order chi connectivity index (χ1) is 21.6. The molecule has 0 aliphatic heterocycles. The van der Waals surface area contributed by atoms with Gasteiger partial charge in [-0.25, -0.2) is 16.8 Å². The lowest BCUT2D eigenvalue weighted by Crippen LogP contribution is -2.26. The van der Waals surface area contributed by atoms with Crippen LogP contribution in [0.4, 0.5) is 0 Å². The summed E-state index contributed by atoms with van der Waals surface area (Å²) in [6, 6.07) is 40.4. The number of aryl methyl sites for hydroxylation is 2. The average Bonchev–Trinajstić information content (AvgIpc) is 3.50. The van der Waals surface area contributed by atoms with Crippen LogP contribution in [0.2, 0.25) is 0 Å². The van der Waals surface area contributed by atoms with Crippen molar-refractivity contribution in [1.29, 1.82) is 0 Å². The first-order valence-electron chi connectivity index (χ1n) is 14.8. The maximum atomic E-state index is 14.0. The van der Waals surface area contributed by atoms with Crippen LogP contribution < -0.4 is 0 Å². The summed E-state index contributed by atoms with van der Waals surface area (Å²) in [7, 11) is -7.66. The highest BCUT2D eigenvalue weighted by molar-refractivity contribution is 7.91. The van der Waals surface area contributed by atoms with E-state index >= 15 is 0 Å². The summed E-state index contributed by atoms with van der Waals surface area (Å²) < 4.78 is 55.9. The van der Waals surface area contributed by atoms with Gasteiger partial charge < -0.3 is 0 Å². The van der Waals surface area contributed by atoms with Gasteiger partial charge in [-0.15, -0.1) is 0 Å². The summed E-state index contributed by atoms with van der Waals surface area (Å²) in [4.78, 5) is 0.855. The van der Waals surface area contributed by atoms with E-state index in [4.69, 9.17) is 0 Å². The summed E-state index contributed by atoms with van der Waals surface area (Å²) >= 11 is 0.